The number of likely N-dealkylation sites (tertiary alicyclic amines) is 1. The normalized spacial score (nSPS) is 19.0. The lowest BCUT2D eigenvalue weighted by Gasteiger charge is -2.25. The van der Waals surface area contributed by atoms with Gasteiger partial charge in [0.2, 0.25) is 5.91 Å². The summed E-state index contributed by atoms with van der Waals surface area (Å²) in [5.41, 5.74) is 6.84. The molecule has 132 valence electrons. The summed E-state index contributed by atoms with van der Waals surface area (Å²) in [4.78, 5) is 26.7. The summed E-state index contributed by atoms with van der Waals surface area (Å²) in [6, 6.07) is 7.20. The fourth-order valence-corrected chi connectivity index (χ4v) is 3.64. The van der Waals surface area contributed by atoms with Crippen molar-refractivity contribution in [2.75, 3.05) is 25.0 Å². The fourth-order valence-electron chi connectivity index (χ4n) is 3.64. The SMILES string of the molecule is Cl.NCC1(C(=O)Nc2ccc(C(=O)N3CCCC3)cc2)CCCC1. The van der Waals surface area contributed by atoms with E-state index < -0.39 is 5.41 Å². The van der Waals surface area contributed by atoms with Crippen LogP contribution in [0, 0.1) is 5.41 Å². The first-order chi connectivity index (χ1) is 11.1. The van der Waals surface area contributed by atoms with E-state index in [9.17, 15) is 9.59 Å². The van der Waals surface area contributed by atoms with Crippen LogP contribution in [0.15, 0.2) is 24.3 Å². The maximum atomic E-state index is 12.5. The van der Waals surface area contributed by atoms with E-state index in [1.165, 1.54) is 0 Å². The molecule has 24 heavy (non-hydrogen) atoms. The first kappa shape index (κ1) is 18.7. The van der Waals surface area contributed by atoms with Crippen LogP contribution in [-0.4, -0.2) is 36.3 Å². The summed E-state index contributed by atoms with van der Waals surface area (Å²) >= 11 is 0. The highest BCUT2D eigenvalue weighted by Crippen LogP contribution is 2.38. The van der Waals surface area contributed by atoms with Crippen molar-refractivity contribution in [2.45, 2.75) is 38.5 Å². The Hall–Kier alpha value is -1.59. The van der Waals surface area contributed by atoms with Crippen LogP contribution in [0.25, 0.3) is 0 Å². The molecule has 2 amide bonds. The van der Waals surface area contributed by atoms with Crippen molar-refractivity contribution in [3.63, 3.8) is 0 Å². The molecule has 1 aromatic carbocycles. The minimum atomic E-state index is -0.413. The monoisotopic (exact) mass is 351 g/mol. The third-order valence-corrected chi connectivity index (χ3v) is 5.22. The molecule has 0 bridgehead atoms. The maximum Gasteiger partial charge on any atom is 0.253 e. The first-order valence-electron chi connectivity index (χ1n) is 8.55. The number of hydrogen-bond acceptors (Lipinski definition) is 3. The van der Waals surface area contributed by atoms with Crippen molar-refractivity contribution in [1.29, 1.82) is 0 Å². The van der Waals surface area contributed by atoms with Gasteiger partial charge < -0.3 is 16.0 Å². The van der Waals surface area contributed by atoms with Gasteiger partial charge >= 0.3 is 0 Å². The number of amides is 2. The van der Waals surface area contributed by atoms with Crippen molar-refractivity contribution in [3.8, 4) is 0 Å². The van der Waals surface area contributed by atoms with Crippen molar-refractivity contribution in [2.24, 2.45) is 11.1 Å². The van der Waals surface area contributed by atoms with Crippen LogP contribution in [0.3, 0.4) is 0 Å². The number of anilines is 1. The van der Waals surface area contributed by atoms with Gasteiger partial charge in [-0.05, 0) is 49.9 Å². The first-order valence-corrected chi connectivity index (χ1v) is 8.55. The van der Waals surface area contributed by atoms with Crippen LogP contribution in [0.4, 0.5) is 5.69 Å². The summed E-state index contributed by atoms with van der Waals surface area (Å²) in [6.45, 7) is 2.08. The van der Waals surface area contributed by atoms with Crippen LogP contribution in [0.5, 0.6) is 0 Å². The third kappa shape index (κ3) is 3.73. The predicted molar refractivity (Wildman–Crippen MR) is 97.4 cm³/mol. The van der Waals surface area contributed by atoms with E-state index in [0.29, 0.717) is 12.1 Å². The van der Waals surface area contributed by atoms with Gasteiger partial charge in [0.05, 0.1) is 5.41 Å². The van der Waals surface area contributed by atoms with Gasteiger partial charge in [0.25, 0.3) is 5.91 Å². The number of carbonyl (C=O) groups excluding carboxylic acids is 2. The van der Waals surface area contributed by atoms with Gasteiger partial charge in [0, 0.05) is 30.9 Å². The van der Waals surface area contributed by atoms with Crippen molar-refractivity contribution >= 4 is 29.9 Å². The molecule has 0 spiro atoms. The van der Waals surface area contributed by atoms with E-state index in [0.717, 1.165) is 57.3 Å². The number of benzene rings is 1. The standard InChI is InChI=1S/C18H25N3O2.ClH/c19-13-18(9-1-2-10-18)17(23)20-15-7-5-14(6-8-15)16(22)21-11-3-4-12-21;/h5-8H,1-4,9-13,19H2,(H,20,23);1H. The number of nitrogens with zero attached hydrogens (tertiary/aromatic N) is 1. The van der Waals surface area contributed by atoms with E-state index in [4.69, 9.17) is 5.73 Å². The van der Waals surface area contributed by atoms with Crippen molar-refractivity contribution in [1.82, 2.24) is 4.90 Å². The predicted octanol–water partition coefficient (Wildman–Crippen LogP) is 2.80. The zero-order valence-electron chi connectivity index (χ0n) is 13.9. The van der Waals surface area contributed by atoms with Gasteiger partial charge in [-0.2, -0.15) is 0 Å². The van der Waals surface area contributed by atoms with E-state index in [1.54, 1.807) is 24.3 Å². The molecule has 1 aliphatic carbocycles. The van der Waals surface area contributed by atoms with E-state index in [2.05, 4.69) is 5.32 Å². The number of carbonyl (C=O) groups is 2. The third-order valence-electron chi connectivity index (χ3n) is 5.22. The summed E-state index contributed by atoms with van der Waals surface area (Å²) < 4.78 is 0. The molecule has 0 aromatic heterocycles. The molecule has 2 aliphatic rings. The topological polar surface area (TPSA) is 75.4 Å². The molecule has 1 aliphatic heterocycles. The molecule has 0 unspecified atom stereocenters. The molecule has 1 saturated heterocycles. The Kier molecular flexibility index (Phi) is 6.24. The van der Waals surface area contributed by atoms with Gasteiger partial charge in [0.15, 0.2) is 0 Å². The molecule has 3 N–H and O–H groups in total. The molecule has 6 heteroatoms. The number of nitrogens with two attached hydrogens (primary N) is 1. The second-order valence-corrected chi connectivity index (χ2v) is 6.72. The zero-order chi connectivity index (χ0) is 16.3. The van der Waals surface area contributed by atoms with Gasteiger partial charge in [-0.25, -0.2) is 0 Å². The molecule has 3 rings (SSSR count). The van der Waals surface area contributed by atoms with Gasteiger partial charge in [0.1, 0.15) is 0 Å². The van der Waals surface area contributed by atoms with Gasteiger partial charge in [-0.3, -0.25) is 9.59 Å². The zero-order valence-corrected chi connectivity index (χ0v) is 14.7. The van der Waals surface area contributed by atoms with Crippen molar-refractivity contribution < 1.29 is 9.59 Å². The Balaban J connectivity index is 0.00000208. The summed E-state index contributed by atoms with van der Waals surface area (Å²) in [6.07, 6.45) is 6.02. The average Bonchev–Trinajstić information content (AvgIpc) is 3.27. The molecule has 1 saturated carbocycles. The Labute approximate surface area is 149 Å². The van der Waals surface area contributed by atoms with Crippen molar-refractivity contribution in [3.05, 3.63) is 29.8 Å². The van der Waals surface area contributed by atoms with Crippen LogP contribution < -0.4 is 11.1 Å². The van der Waals surface area contributed by atoms with Crippen LogP contribution in [-0.2, 0) is 4.79 Å². The maximum absolute atomic E-state index is 12.5. The molecule has 1 heterocycles. The summed E-state index contributed by atoms with van der Waals surface area (Å²) in [7, 11) is 0. The highest BCUT2D eigenvalue weighted by atomic mass is 35.5. The van der Waals surface area contributed by atoms with Crippen LogP contribution in [0.1, 0.15) is 48.9 Å². The molecular weight excluding hydrogens is 326 g/mol. The number of halogens is 1. The van der Waals surface area contributed by atoms with E-state index >= 15 is 0 Å². The second kappa shape index (κ2) is 7.99. The second-order valence-electron chi connectivity index (χ2n) is 6.72. The lowest BCUT2D eigenvalue weighted by Crippen LogP contribution is -2.40. The summed E-state index contributed by atoms with van der Waals surface area (Å²) in [5, 5.41) is 2.97. The molecule has 1 aromatic rings. The molecule has 2 fully saturated rings. The number of hydrogen-bond donors (Lipinski definition) is 2. The van der Waals surface area contributed by atoms with E-state index in [-0.39, 0.29) is 24.2 Å². The Morgan fingerprint density at radius 3 is 2.17 bits per heavy atom. The summed E-state index contributed by atoms with van der Waals surface area (Å²) in [5.74, 6) is 0.0886. The quantitative estimate of drug-likeness (QED) is 0.875. The smallest absolute Gasteiger partial charge is 0.253 e. The molecule has 0 atom stereocenters. The Morgan fingerprint density at radius 1 is 1.04 bits per heavy atom. The number of rotatable bonds is 4. The minimum Gasteiger partial charge on any atom is -0.339 e. The van der Waals surface area contributed by atoms with Gasteiger partial charge in [-0.1, -0.05) is 12.8 Å². The van der Waals surface area contributed by atoms with Gasteiger partial charge in [-0.15, -0.1) is 12.4 Å². The Bertz CT molecular complexity index is 576. The van der Waals surface area contributed by atoms with E-state index in [1.807, 2.05) is 4.90 Å². The number of nitrogens with one attached hydrogen (secondary N) is 1. The largest absolute Gasteiger partial charge is 0.339 e. The Morgan fingerprint density at radius 2 is 1.62 bits per heavy atom. The highest BCUT2D eigenvalue weighted by Gasteiger charge is 2.39. The average molecular weight is 352 g/mol. The molecule has 5 nitrogen and oxygen atoms in total. The molecular formula is C18H26ClN3O2. The fraction of sp³-hybridized carbons (Fsp3) is 0.556. The highest BCUT2D eigenvalue weighted by molar-refractivity contribution is 5.97. The van der Waals surface area contributed by atoms with Crippen LogP contribution >= 0.6 is 12.4 Å². The molecule has 0 radical (unpaired) electrons. The minimum absolute atomic E-state index is 0. The lowest BCUT2D eigenvalue weighted by atomic mass is 9.85. The van der Waals surface area contributed by atoms with Crippen LogP contribution in [0.2, 0.25) is 0 Å². The lowest BCUT2D eigenvalue weighted by molar-refractivity contribution is -0.124.